The Kier molecular flexibility index (Phi) is 4.81. The molecule has 8 heteroatoms. The first kappa shape index (κ1) is 19.2. The first-order chi connectivity index (χ1) is 14.5. The van der Waals surface area contributed by atoms with Gasteiger partial charge in [0.15, 0.2) is 0 Å². The smallest absolute Gasteiger partial charge is 0.220 e. The van der Waals surface area contributed by atoms with Crippen LogP contribution in [0.25, 0.3) is 11.3 Å². The van der Waals surface area contributed by atoms with E-state index in [0.29, 0.717) is 36.1 Å². The average molecular weight is 411 g/mol. The monoisotopic (exact) mass is 411 g/mol. The van der Waals surface area contributed by atoms with E-state index in [4.69, 9.17) is 0 Å². The number of nitrogens with zero attached hydrogens (tertiary/aromatic N) is 3. The summed E-state index contributed by atoms with van der Waals surface area (Å²) in [7, 11) is 1.87. The van der Waals surface area contributed by atoms with E-state index < -0.39 is 6.17 Å². The molecule has 1 aromatic heterocycles. The van der Waals surface area contributed by atoms with Crippen molar-refractivity contribution in [1.82, 2.24) is 20.6 Å². The van der Waals surface area contributed by atoms with E-state index >= 15 is 0 Å². The number of amides is 1. The van der Waals surface area contributed by atoms with E-state index in [1.807, 2.05) is 24.1 Å². The summed E-state index contributed by atoms with van der Waals surface area (Å²) in [5.41, 5.74) is 2.06. The zero-order chi connectivity index (χ0) is 20.8. The third kappa shape index (κ3) is 3.39. The molecule has 0 spiro atoms. The number of carbonyl (C=O) groups is 1. The van der Waals surface area contributed by atoms with Crippen LogP contribution in [0.2, 0.25) is 0 Å². The third-order valence-corrected chi connectivity index (χ3v) is 6.80. The molecule has 30 heavy (non-hydrogen) atoms. The van der Waals surface area contributed by atoms with Crippen LogP contribution in [0, 0.1) is 0 Å². The van der Waals surface area contributed by atoms with Gasteiger partial charge in [0.25, 0.3) is 0 Å². The summed E-state index contributed by atoms with van der Waals surface area (Å²) in [6, 6.07) is 5.52. The lowest BCUT2D eigenvalue weighted by Crippen LogP contribution is -2.55. The Hall–Kier alpha value is -2.74. The van der Waals surface area contributed by atoms with Crippen LogP contribution in [0.15, 0.2) is 30.6 Å². The van der Waals surface area contributed by atoms with E-state index in [2.05, 4.69) is 20.6 Å². The predicted molar refractivity (Wildman–Crippen MR) is 111 cm³/mol. The standard InChI is InChI=1S/C22H26FN5O2/c1-28(18-8-14-3-5-16(27-14)22(18)23)20-11-24-17(10-25-20)15-4-2-12(6-19(15)29)13-7-21(30)26-9-13/h2,4,6,10-11,13-14,16,18,22,27,29H,3,5,7-9H2,1H3,(H,26,30)/t13-,14?,16-,18+,22-/m0/s1. The van der Waals surface area contributed by atoms with Crippen molar-refractivity contribution in [3.05, 3.63) is 36.2 Å². The molecule has 0 aliphatic carbocycles. The summed E-state index contributed by atoms with van der Waals surface area (Å²) in [6.45, 7) is 0.590. The molecule has 7 nitrogen and oxygen atoms in total. The van der Waals surface area contributed by atoms with Crippen LogP contribution in [0.5, 0.6) is 5.75 Å². The van der Waals surface area contributed by atoms with Crippen LogP contribution in [0.3, 0.4) is 0 Å². The zero-order valence-corrected chi connectivity index (χ0v) is 16.9. The second-order valence-corrected chi connectivity index (χ2v) is 8.65. The molecule has 3 aliphatic heterocycles. The number of hydrogen-bond acceptors (Lipinski definition) is 6. The molecule has 1 aromatic carbocycles. The van der Waals surface area contributed by atoms with Crippen LogP contribution in [0.4, 0.5) is 10.2 Å². The second-order valence-electron chi connectivity index (χ2n) is 8.65. The molecule has 3 saturated heterocycles. The lowest BCUT2D eigenvalue weighted by molar-refractivity contribution is -0.119. The van der Waals surface area contributed by atoms with Crippen molar-refractivity contribution in [2.75, 3.05) is 18.5 Å². The van der Waals surface area contributed by atoms with Gasteiger partial charge in [-0.3, -0.25) is 9.78 Å². The molecule has 0 saturated carbocycles. The maximum atomic E-state index is 14.9. The van der Waals surface area contributed by atoms with Crippen molar-refractivity contribution >= 4 is 11.7 Å². The minimum atomic E-state index is -0.927. The molecule has 3 N–H and O–H groups in total. The molecule has 158 valence electrons. The van der Waals surface area contributed by atoms with Crippen LogP contribution in [-0.4, -0.2) is 58.9 Å². The van der Waals surface area contributed by atoms with Gasteiger partial charge in [-0.05, 0) is 37.0 Å². The number of benzene rings is 1. The van der Waals surface area contributed by atoms with Crippen LogP contribution in [-0.2, 0) is 4.79 Å². The fourth-order valence-corrected chi connectivity index (χ4v) is 5.02. The number of fused-ring (bicyclic) bond motifs is 2. The number of anilines is 1. The van der Waals surface area contributed by atoms with Gasteiger partial charge < -0.3 is 20.6 Å². The second kappa shape index (κ2) is 7.50. The molecule has 2 bridgehead atoms. The van der Waals surface area contributed by atoms with E-state index in [-0.39, 0.29) is 29.7 Å². The van der Waals surface area contributed by atoms with Crippen molar-refractivity contribution in [3.63, 3.8) is 0 Å². The van der Waals surface area contributed by atoms with Gasteiger partial charge in [0.2, 0.25) is 5.91 Å². The van der Waals surface area contributed by atoms with Gasteiger partial charge >= 0.3 is 0 Å². The molecule has 5 atom stereocenters. The lowest BCUT2D eigenvalue weighted by atomic mass is 9.96. The number of hydrogen-bond donors (Lipinski definition) is 3. The van der Waals surface area contributed by atoms with Crippen molar-refractivity contribution in [2.24, 2.45) is 0 Å². The quantitative estimate of drug-likeness (QED) is 0.714. The van der Waals surface area contributed by atoms with Crippen molar-refractivity contribution < 1.29 is 14.3 Å². The van der Waals surface area contributed by atoms with Crippen molar-refractivity contribution in [1.29, 1.82) is 0 Å². The fraction of sp³-hybridized carbons (Fsp3) is 0.500. The van der Waals surface area contributed by atoms with Crippen LogP contribution >= 0.6 is 0 Å². The van der Waals surface area contributed by atoms with E-state index in [9.17, 15) is 14.3 Å². The van der Waals surface area contributed by atoms with Gasteiger partial charge in [0, 0.05) is 43.6 Å². The first-order valence-corrected chi connectivity index (χ1v) is 10.5. The highest BCUT2D eigenvalue weighted by Gasteiger charge is 2.43. The number of phenolic OH excluding ortho intramolecular Hbond substituents is 1. The highest BCUT2D eigenvalue weighted by Crippen LogP contribution is 2.35. The predicted octanol–water partition coefficient (Wildman–Crippen LogP) is 2.12. The van der Waals surface area contributed by atoms with Gasteiger partial charge in [0.1, 0.15) is 17.7 Å². The fourth-order valence-electron chi connectivity index (χ4n) is 5.02. The van der Waals surface area contributed by atoms with Crippen molar-refractivity contribution in [3.8, 4) is 17.0 Å². The normalized spacial score (nSPS) is 30.3. The van der Waals surface area contributed by atoms with Gasteiger partial charge in [-0.25, -0.2) is 9.37 Å². The summed E-state index contributed by atoms with van der Waals surface area (Å²) < 4.78 is 14.9. The largest absolute Gasteiger partial charge is 0.507 e. The molecule has 2 aromatic rings. The highest BCUT2D eigenvalue weighted by atomic mass is 19.1. The van der Waals surface area contributed by atoms with Gasteiger partial charge in [-0.1, -0.05) is 6.07 Å². The average Bonchev–Trinajstić information content (AvgIpc) is 3.37. The summed E-state index contributed by atoms with van der Waals surface area (Å²) in [5.74, 6) is 0.847. The first-order valence-electron chi connectivity index (χ1n) is 10.5. The Balaban J connectivity index is 1.33. The number of nitrogens with one attached hydrogen (secondary N) is 2. The SMILES string of the molecule is CN(c1cnc(-c2ccc([C@@H]3CNC(=O)C3)cc2O)cn1)[C@@H]1CC2CC[C@H](N2)[C@@H]1F. The molecular weight excluding hydrogens is 385 g/mol. The number of rotatable bonds is 4. The number of carbonyl (C=O) groups excluding carboxylic acids is 1. The van der Waals surface area contributed by atoms with E-state index in [1.165, 1.54) is 0 Å². The molecule has 5 rings (SSSR count). The number of aromatic nitrogens is 2. The number of piperidine rings is 1. The Morgan fingerprint density at radius 2 is 2.10 bits per heavy atom. The Morgan fingerprint density at radius 1 is 1.23 bits per heavy atom. The number of halogens is 1. The van der Waals surface area contributed by atoms with Gasteiger partial charge in [-0.2, -0.15) is 0 Å². The molecule has 4 heterocycles. The number of alkyl halides is 1. The molecular formula is C22H26FN5O2. The van der Waals surface area contributed by atoms with Gasteiger partial charge in [-0.15, -0.1) is 0 Å². The summed E-state index contributed by atoms with van der Waals surface area (Å²) in [6.07, 6.45) is 5.44. The molecule has 0 radical (unpaired) electrons. The zero-order valence-electron chi connectivity index (χ0n) is 16.9. The van der Waals surface area contributed by atoms with E-state index in [0.717, 1.165) is 24.8 Å². The summed E-state index contributed by atoms with van der Waals surface area (Å²) in [5, 5.41) is 16.7. The number of aromatic hydroxyl groups is 1. The summed E-state index contributed by atoms with van der Waals surface area (Å²) in [4.78, 5) is 22.3. The molecule has 3 aliphatic rings. The molecule has 1 amide bonds. The third-order valence-electron chi connectivity index (χ3n) is 6.80. The molecule has 1 unspecified atom stereocenters. The number of phenols is 1. The Bertz CT molecular complexity index is 953. The Labute approximate surface area is 174 Å². The maximum Gasteiger partial charge on any atom is 0.220 e. The molecule has 3 fully saturated rings. The maximum absolute atomic E-state index is 14.9. The Morgan fingerprint density at radius 3 is 2.80 bits per heavy atom. The minimum absolute atomic E-state index is 0.0337. The highest BCUT2D eigenvalue weighted by molar-refractivity contribution is 5.79. The van der Waals surface area contributed by atoms with Crippen LogP contribution < -0.4 is 15.5 Å². The minimum Gasteiger partial charge on any atom is -0.507 e. The topological polar surface area (TPSA) is 90.4 Å². The van der Waals surface area contributed by atoms with Gasteiger partial charge in [0.05, 0.1) is 24.1 Å². The van der Waals surface area contributed by atoms with Crippen molar-refractivity contribution in [2.45, 2.75) is 55.9 Å². The van der Waals surface area contributed by atoms with Crippen LogP contribution in [0.1, 0.15) is 37.2 Å². The summed E-state index contributed by atoms with van der Waals surface area (Å²) >= 11 is 0. The van der Waals surface area contributed by atoms with E-state index in [1.54, 1.807) is 18.5 Å². The lowest BCUT2D eigenvalue weighted by Gasteiger charge is -2.38.